The first-order chi connectivity index (χ1) is 16.0. The molecule has 0 N–H and O–H groups in total. The van der Waals surface area contributed by atoms with Crippen LogP contribution in [0.4, 0.5) is 16.2 Å². The molecule has 3 nitrogen and oxygen atoms in total. The standard InChI is InChI=1S/C31H33NO2/c1-30(2,3)23-14-18-25(19-15-23)32(26-20-16-24(17-21-26)31(4,5)6)29(33)34-28-13-9-11-22-10-7-8-12-27(22)28/h7-21H,1-6H3. The van der Waals surface area contributed by atoms with Crippen molar-refractivity contribution in [2.75, 3.05) is 4.90 Å². The van der Waals surface area contributed by atoms with Gasteiger partial charge in [0.2, 0.25) is 0 Å². The molecule has 0 heterocycles. The van der Waals surface area contributed by atoms with Gasteiger partial charge in [-0.05, 0) is 57.7 Å². The lowest BCUT2D eigenvalue weighted by atomic mass is 9.87. The van der Waals surface area contributed by atoms with Crippen LogP contribution in [0.25, 0.3) is 10.8 Å². The number of carbonyl (C=O) groups is 1. The zero-order chi connectivity index (χ0) is 24.5. The first kappa shape index (κ1) is 23.6. The van der Waals surface area contributed by atoms with E-state index in [1.54, 1.807) is 4.90 Å². The van der Waals surface area contributed by atoms with Gasteiger partial charge in [0.25, 0.3) is 0 Å². The van der Waals surface area contributed by atoms with Gasteiger partial charge in [-0.3, -0.25) is 0 Å². The summed E-state index contributed by atoms with van der Waals surface area (Å²) in [5.41, 5.74) is 4.01. The first-order valence-electron chi connectivity index (χ1n) is 11.7. The van der Waals surface area contributed by atoms with Crippen molar-refractivity contribution in [1.82, 2.24) is 0 Å². The Bertz CT molecular complexity index is 1230. The number of ether oxygens (including phenoxy) is 1. The lowest BCUT2D eigenvalue weighted by Crippen LogP contribution is -2.29. The molecule has 0 aromatic heterocycles. The van der Waals surface area contributed by atoms with Gasteiger partial charge >= 0.3 is 6.09 Å². The molecule has 4 aromatic rings. The Labute approximate surface area is 203 Å². The predicted molar refractivity (Wildman–Crippen MR) is 142 cm³/mol. The van der Waals surface area contributed by atoms with Crippen molar-refractivity contribution >= 4 is 28.2 Å². The number of fused-ring (bicyclic) bond motifs is 1. The molecule has 0 spiro atoms. The molecule has 0 fully saturated rings. The predicted octanol–water partition coefficient (Wildman–Crippen LogP) is 8.77. The molecule has 0 atom stereocenters. The van der Waals surface area contributed by atoms with Crippen molar-refractivity contribution < 1.29 is 9.53 Å². The zero-order valence-corrected chi connectivity index (χ0v) is 20.9. The second-order valence-corrected chi connectivity index (χ2v) is 10.8. The molecule has 4 aromatic carbocycles. The Hall–Kier alpha value is -3.59. The smallest absolute Gasteiger partial charge is 0.409 e. The molecule has 34 heavy (non-hydrogen) atoms. The van der Waals surface area contributed by atoms with Gasteiger partial charge in [-0.25, -0.2) is 9.69 Å². The van der Waals surface area contributed by atoms with Crippen LogP contribution in [0.3, 0.4) is 0 Å². The van der Waals surface area contributed by atoms with Crippen LogP contribution in [-0.4, -0.2) is 6.09 Å². The number of hydrogen-bond donors (Lipinski definition) is 0. The third-order valence-corrected chi connectivity index (χ3v) is 6.11. The normalized spacial score (nSPS) is 11.9. The summed E-state index contributed by atoms with van der Waals surface area (Å²) in [7, 11) is 0. The average Bonchev–Trinajstić information content (AvgIpc) is 2.79. The SMILES string of the molecule is CC(C)(C)c1ccc(N(C(=O)Oc2cccc3ccccc23)c2ccc(C(C)(C)C)cc2)cc1. The van der Waals surface area contributed by atoms with Gasteiger partial charge in [0.1, 0.15) is 5.75 Å². The monoisotopic (exact) mass is 451 g/mol. The van der Waals surface area contributed by atoms with Crippen molar-refractivity contribution in [3.8, 4) is 5.75 Å². The van der Waals surface area contributed by atoms with Crippen LogP contribution in [0.2, 0.25) is 0 Å². The number of anilines is 2. The second-order valence-electron chi connectivity index (χ2n) is 10.8. The van der Waals surface area contributed by atoms with Gasteiger partial charge < -0.3 is 4.74 Å². The molecule has 0 radical (unpaired) electrons. The first-order valence-corrected chi connectivity index (χ1v) is 11.7. The molecular weight excluding hydrogens is 418 g/mol. The van der Waals surface area contributed by atoms with Gasteiger partial charge in [-0.15, -0.1) is 0 Å². The number of carbonyl (C=O) groups excluding carboxylic acids is 1. The third-order valence-electron chi connectivity index (χ3n) is 6.11. The average molecular weight is 452 g/mol. The van der Waals surface area contributed by atoms with Crippen LogP contribution < -0.4 is 9.64 Å². The Morgan fingerprint density at radius 3 is 1.59 bits per heavy atom. The van der Waals surface area contributed by atoms with Crippen LogP contribution in [-0.2, 0) is 10.8 Å². The molecule has 0 unspecified atom stereocenters. The van der Waals surface area contributed by atoms with E-state index in [-0.39, 0.29) is 10.8 Å². The summed E-state index contributed by atoms with van der Waals surface area (Å²) in [5, 5.41) is 1.94. The molecule has 174 valence electrons. The van der Waals surface area contributed by atoms with Crippen molar-refractivity contribution in [3.05, 3.63) is 102 Å². The van der Waals surface area contributed by atoms with E-state index in [2.05, 4.69) is 65.8 Å². The Morgan fingerprint density at radius 1 is 0.618 bits per heavy atom. The second kappa shape index (κ2) is 8.98. The van der Waals surface area contributed by atoms with Gasteiger partial charge in [-0.1, -0.05) is 102 Å². The number of nitrogens with zero attached hydrogens (tertiary/aromatic N) is 1. The summed E-state index contributed by atoms with van der Waals surface area (Å²) >= 11 is 0. The minimum Gasteiger partial charge on any atom is -0.409 e. The highest BCUT2D eigenvalue weighted by Gasteiger charge is 2.23. The van der Waals surface area contributed by atoms with E-state index in [1.165, 1.54) is 11.1 Å². The Morgan fingerprint density at radius 2 is 1.09 bits per heavy atom. The van der Waals surface area contributed by atoms with E-state index >= 15 is 0 Å². The number of amides is 1. The molecule has 0 aliphatic rings. The van der Waals surface area contributed by atoms with Crippen molar-refractivity contribution in [3.63, 3.8) is 0 Å². The van der Waals surface area contributed by atoms with E-state index in [0.717, 1.165) is 22.1 Å². The van der Waals surface area contributed by atoms with E-state index in [0.29, 0.717) is 5.75 Å². The van der Waals surface area contributed by atoms with Gasteiger partial charge in [0.05, 0.1) is 11.4 Å². The van der Waals surface area contributed by atoms with Crippen LogP contribution in [0.5, 0.6) is 5.75 Å². The highest BCUT2D eigenvalue weighted by molar-refractivity contribution is 5.99. The quantitative estimate of drug-likeness (QED) is 0.311. The highest BCUT2D eigenvalue weighted by atomic mass is 16.6. The van der Waals surface area contributed by atoms with Crippen LogP contribution in [0.1, 0.15) is 52.7 Å². The number of hydrogen-bond acceptors (Lipinski definition) is 2. The lowest BCUT2D eigenvalue weighted by Gasteiger charge is -2.26. The molecule has 0 aliphatic carbocycles. The van der Waals surface area contributed by atoms with E-state index in [4.69, 9.17) is 4.74 Å². The summed E-state index contributed by atoms with van der Waals surface area (Å²) in [4.78, 5) is 15.3. The summed E-state index contributed by atoms with van der Waals surface area (Å²) in [6.45, 7) is 13.1. The summed E-state index contributed by atoms with van der Waals surface area (Å²) in [6, 6.07) is 30.0. The minimum absolute atomic E-state index is 0.0289. The van der Waals surface area contributed by atoms with E-state index < -0.39 is 6.09 Å². The fraction of sp³-hybridized carbons (Fsp3) is 0.258. The molecule has 1 amide bonds. The van der Waals surface area contributed by atoms with Crippen LogP contribution in [0, 0.1) is 0 Å². The Kier molecular flexibility index (Phi) is 6.22. The maximum absolute atomic E-state index is 13.6. The molecule has 4 rings (SSSR count). The van der Waals surface area contributed by atoms with E-state index in [1.807, 2.05) is 66.7 Å². The highest BCUT2D eigenvalue weighted by Crippen LogP contribution is 2.33. The number of rotatable bonds is 3. The molecule has 0 bridgehead atoms. The van der Waals surface area contributed by atoms with Gasteiger partial charge in [0, 0.05) is 5.39 Å². The minimum atomic E-state index is -0.441. The topological polar surface area (TPSA) is 29.5 Å². The molecule has 0 aliphatic heterocycles. The zero-order valence-electron chi connectivity index (χ0n) is 20.9. The fourth-order valence-corrected chi connectivity index (χ4v) is 4.01. The molecular formula is C31H33NO2. The van der Waals surface area contributed by atoms with Crippen LogP contribution >= 0.6 is 0 Å². The van der Waals surface area contributed by atoms with E-state index in [9.17, 15) is 4.79 Å². The molecule has 3 heteroatoms. The van der Waals surface area contributed by atoms with Gasteiger partial charge in [0.15, 0.2) is 0 Å². The van der Waals surface area contributed by atoms with Crippen molar-refractivity contribution in [2.24, 2.45) is 0 Å². The summed E-state index contributed by atoms with van der Waals surface area (Å²) in [6.07, 6.45) is -0.441. The van der Waals surface area contributed by atoms with Gasteiger partial charge in [-0.2, -0.15) is 0 Å². The molecule has 0 saturated carbocycles. The third kappa shape index (κ3) is 4.99. The summed E-state index contributed by atoms with van der Waals surface area (Å²) < 4.78 is 5.98. The maximum Gasteiger partial charge on any atom is 0.424 e. The van der Waals surface area contributed by atoms with Crippen molar-refractivity contribution in [1.29, 1.82) is 0 Å². The largest absolute Gasteiger partial charge is 0.424 e. The Balaban J connectivity index is 1.74. The maximum atomic E-state index is 13.6. The number of benzene rings is 4. The fourth-order valence-electron chi connectivity index (χ4n) is 4.01. The van der Waals surface area contributed by atoms with Crippen LogP contribution in [0.15, 0.2) is 91.0 Å². The molecule has 0 saturated heterocycles. The lowest BCUT2D eigenvalue weighted by molar-refractivity contribution is 0.211. The summed E-state index contributed by atoms with van der Waals surface area (Å²) in [5.74, 6) is 0.547. The van der Waals surface area contributed by atoms with Crippen molar-refractivity contribution in [2.45, 2.75) is 52.4 Å².